The summed E-state index contributed by atoms with van der Waals surface area (Å²) >= 11 is 8.93. The van der Waals surface area contributed by atoms with Crippen LogP contribution in [-0.4, -0.2) is 9.55 Å². The Morgan fingerprint density at radius 2 is 2.24 bits per heavy atom. The zero-order chi connectivity index (χ0) is 11.8. The summed E-state index contributed by atoms with van der Waals surface area (Å²) in [5.74, 6) is 0. The third-order valence-corrected chi connectivity index (χ3v) is 4.08. The quantitative estimate of drug-likeness (QED) is 0.596. The van der Waals surface area contributed by atoms with Crippen LogP contribution in [0.2, 0.25) is 0 Å². The van der Waals surface area contributed by atoms with E-state index in [-0.39, 0.29) is 0 Å². The second-order valence-corrected chi connectivity index (χ2v) is 5.70. The van der Waals surface area contributed by atoms with Crippen molar-refractivity contribution < 1.29 is 0 Å². The van der Waals surface area contributed by atoms with Gasteiger partial charge in [-0.3, -0.25) is 0 Å². The number of aromatic nitrogens is 2. The van der Waals surface area contributed by atoms with Crippen LogP contribution in [0.3, 0.4) is 0 Å². The fourth-order valence-corrected chi connectivity index (χ4v) is 3.20. The molecule has 0 spiro atoms. The number of H-pyrrole nitrogens is 1. The number of halogens is 1. The third kappa shape index (κ3) is 2.00. The molecule has 1 aromatic carbocycles. The van der Waals surface area contributed by atoms with Gasteiger partial charge in [0.2, 0.25) is 0 Å². The average molecular weight is 309 g/mol. The minimum atomic E-state index is 0.502. The number of fused-ring (bicyclic) bond motifs is 1. The maximum absolute atomic E-state index is 5.45. The Balaban J connectivity index is 2.18. The van der Waals surface area contributed by atoms with E-state index in [4.69, 9.17) is 12.2 Å². The Morgan fingerprint density at radius 1 is 1.35 bits per heavy atom. The Kier molecular flexibility index (Phi) is 2.92. The summed E-state index contributed by atoms with van der Waals surface area (Å²) in [6.45, 7) is 0. The molecular formula is C13H13BrN2S. The third-order valence-electron chi connectivity index (χ3n) is 3.29. The topological polar surface area (TPSA) is 20.7 Å². The lowest BCUT2D eigenvalue weighted by Gasteiger charge is -2.20. The standard InChI is InChI=1S/C13H13BrN2S/c14-9-6-7-12-11(8-9)15-13(17)16(12)10-4-2-1-3-5-10/h1-2,6-8,10H,3-5H2,(H,15,17). The molecule has 2 aromatic rings. The number of hydrogen-bond donors (Lipinski definition) is 1. The van der Waals surface area contributed by atoms with Crippen molar-refractivity contribution in [1.29, 1.82) is 0 Å². The van der Waals surface area contributed by atoms with Crippen molar-refractivity contribution in [1.82, 2.24) is 9.55 Å². The highest BCUT2D eigenvalue weighted by atomic mass is 79.9. The summed E-state index contributed by atoms with van der Waals surface area (Å²) in [6, 6.07) is 6.78. The summed E-state index contributed by atoms with van der Waals surface area (Å²) in [7, 11) is 0. The molecule has 0 bridgehead atoms. The first-order valence-corrected chi connectivity index (χ1v) is 7.00. The van der Waals surface area contributed by atoms with E-state index >= 15 is 0 Å². The van der Waals surface area contributed by atoms with E-state index in [0.29, 0.717) is 6.04 Å². The van der Waals surface area contributed by atoms with Crippen LogP contribution in [-0.2, 0) is 0 Å². The number of allylic oxidation sites excluding steroid dienone is 2. The molecule has 1 N–H and O–H groups in total. The zero-order valence-electron chi connectivity index (χ0n) is 9.32. The lowest BCUT2D eigenvalue weighted by molar-refractivity contribution is 0.467. The SMILES string of the molecule is S=c1[nH]c2cc(Br)ccc2n1C1CC=CCC1. The van der Waals surface area contributed by atoms with Crippen molar-refractivity contribution in [3.63, 3.8) is 0 Å². The minimum Gasteiger partial charge on any atom is -0.331 e. The van der Waals surface area contributed by atoms with Gasteiger partial charge in [0.05, 0.1) is 11.0 Å². The first kappa shape index (κ1) is 11.2. The number of nitrogens with one attached hydrogen (secondary N) is 1. The fraction of sp³-hybridized carbons (Fsp3) is 0.308. The Morgan fingerprint density at radius 3 is 3.00 bits per heavy atom. The van der Waals surface area contributed by atoms with Gasteiger partial charge in [0.1, 0.15) is 0 Å². The molecule has 17 heavy (non-hydrogen) atoms. The number of hydrogen-bond acceptors (Lipinski definition) is 1. The maximum atomic E-state index is 5.45. The van der Waals surface area contributed by atoms with E-state index in [1.165, 1.54) is 11.9 Å². The van der Waals surface area contributed by atoms with Crippen LogP contribution in [0.1, 0.15) is 25.3 Å². The Bertz CT molecular complexity index is 638. The maximum Gasteiger partial charge on any atom is 0.178 e. The van der Waals surface area contributed by atoms with Gasteiger partial charge in [-0.2, -0.15) is 0 Å². The number of rotatable bonds is 1. The molecule has 0 saturated carbocycles. The summed E-state index contributed by atoms with van der Waals surface area (Å²) in [6.07, 6.45) is 7.92. The molecule has 88 valence electrons. The lowest BCUT2D eigenvalue weighted by Crippen LogP contribution is -2.10. The van der Waals surface area contributed by atoms with Crippen LogP contribution in [0.15, 0.2) is 34.8 Å². The molecule has 1 aliphatic carbocycles. The van der Waals surface area contributed by atoms with Gasteiger partial charge in [0, 0.05) is 10.5 Å². The first-order chi connectivity index (χ1) is 8.25. The second kappa shape index (κ2) is 4.42. The smallest absolute Gasteiger partial charge is 0.178 e. The van der Waals surface area contributed by atoms with Gasteiger partial charge in [-0.1, -0.05) is 28.1 Å². The largest absolute Gasteiger partial charge is 0.331 e. The summed E-state index contributed by atoms with van der Waals surface area (Å²) in [4.78, 5) is 3.29. The normalized spacial score (nSPS) is 19.9. The Labute approximate surface area is 113 Å². The van der Waals surface area contributed by atoms with Gasteiger partial charge in [-0.05, 0) is 49.7 Å². The Hall–Kier alpha value is -0.870. The van der Waals surface area contributed by atoms with E-state index in [1.54, 1.807) is 0 Å². The molecule has 2 nitrogen and oxygen atoms in total. The van der Waals surface area contributed by atoms with Crippen molar-refractivity contribution in [2.24, 2.45) is 0 Å². The molecule has 1 aliphatic rings. The van der Waals surface area contributed by atoms with Crippen LogP contribution in [0, 0.1) is 4.77 Å². The first-order valence-electron chi connectivity index (χ1n) is 5.80. The molecule has 0 saturated heterocycles. The molecule has 4 heteroatoms. The highest BCUT2D eigenvalue weighted by Crippen LogP contribution is 2.29. The number of nitrogens with zero attached hydrogens (tertiary/aromatic N) is 1. The molecule has 1 heterocycles. The van der Waals surface area contributed by atoms with Crippen LogP contribution < -0.4 is 0 Å². The minimum absolute atomic E-state index is 0.502. The van der Waals surface area contributed by atoms with Crippen molar-refractivity contribution in [2.45, 2.75) is 25.3 Å². The van der Waals surface area contributed by atoms with Crippen molar-refractivity contribution in [2.75, 3.05) is 0 Å². The molecule has 0 fully saturated rings. The van der Waals surface area contributed by atoms with Crippen molar-refractivity contribution in [3.05, 3.63) is 39.6 Å². The summed E-state index contributed by atoms with van der Waals surface area (Å²) in [5, 5.41) is 0. The van der Waals surface area contributed by atoms with Crippen LogP contribution in [0.25, 0.3) is 11.0 Å². The van der Waals surface area contributed by atoms with Gasteiger partial charge in [0.15, 0.2) is 4.77 Å². The number of benzene rings is 1. The van der Waals surface area contributed by atoms with Gasteiger partial charge >= 0.3 is 0 Å². The van der Waals surface area contributed by atoms with Gasteiger partial charge in [0.25, 0.3) is 0 Å². The average Bonchev–Trinajstić information content (AvgIpc) is 2.65. The predicted molar refractivity (Wildman–Crippen MR) is 76.9 cm³/mol. The number of aromatic amines is 1. The lowest BCUT2D eigenvalue weighted by atomic mass is 10.0. The predicted octanol–water partition coefficient (Wildman–Crippen LogP) is 4.74. The van der Waals surface area contributed by atoms with E-state index in [0.717, 1.165) is 27.6 Å². The molecule has 1 unspecified atom stereocenters. The van der Waals surface area contributed by atoms with Gasteiger partial charge in [-0.25, -0.2) is 0 Å². The molecule has 1 atom stereocenters. The summed E-state index contributed by atoms with van der Waals surface area (Å²) in [5.41, 5.74) is 2.32. The van der Waals surface area contributed by atoms with Crippen LogP contribution in [0.5, 0.6) is 0 Å². The molecule has 1 aromatic heterocycles. The van der Waals surface area contributed by atoms with Crippen LogP contribution in [0.4, 0.5) is 0 Å². The monoisotopic (exact) mass is 308 g/mol. The van der Waals surface area contributed by atoms with E-state index in [2.05, 4.69) is 55.8 Å². The van der Waals surface area contributed by atoms with E-state index in [1.807, 2.05) is 0 Å². The highest BCUT2D eigenvalue weighted by Gasteiger charge is 2.15. The zero-order valence-corrected chi connectivity index (χ0v) is 11.7. The molecule has 0 radical (unpaired) electrons. The van der Waals surface area contributed by atoms with Crippen molar-refractivity contribution >= 4 is 39.2 Å². The van der Waals surface area contributed by atoms with E-state index < -0.39 is 0 Å². The van der Waals surface area contributed by atoms with Crippen LogP contribution >= 0.6 is 28.1 Å². The number of imidazole rings is 1. The second-order valence-electron chi connectivity index (χ2n) is 4.40. The van der Waals surface area contributed by atoms with Crippen molar-refractivity contribution in [3.8, 4) is 0 Å². The molecule has 0 aliphatic heterocycles. The van der Waals surface area contributed by atoms with E-state index in [9.17, 15) is 0 Å². The summed E-state index contributed by atoms with van der Waals surface area (Å²) < 4.78 is 4.18. The molecule has 0 amide bonds. The fourth-order valence-electron chi connectivity index (χ4n) is 2.48. The molecule has 3 rings (SSSR count). The molecular weight excluding hydrogens is 296 g/mol. The van der Waals surface area contributed by atoms with Gasteiger partial charge in [-0.15, -0.1) is 0 Å². The van der Waals surface area contributed by atoms with Gasteiger partial charge < -0.3 is 9.55 Å². The highest BCUT2D eigenvalue weighted by molar-refractivity contribution is 9.10.